The number of rotatable bonds is 5. The van der Waals surface area contributed by atoms with Crippen LogP contribution >= 0.6 is 0 Å². The van der Waals surface area contributed by atoms with E-state index in [1.807, 2.05) is 34.6 Å². The Hall–Kier alpha value is -1.10. The summed E-state index contributed by atoms with van der Waals surface area (Å²) in [5.41, 5.74) is 5.60. The zero-order chi connectivity index (χ0) is 16.4. The van der Waals surface area contributed by atoms with Crippen molar-refractivity contribution in [3.63, 3.8) is 0 Å². The fourth-order valence-corrected chi connectivity index (χ4v) is 3.16. The summed E-state index contributed by atoms with van der Waals surface area (Å²) in [4.78, 5) is 23.5. The summed E-state index contributed by atoms with van der Waals surface area (Å²) >= 11 is 0. The number of hydrogen-bond donors (Lipinski definition) is 3. The summed E-state index contributed by atoms with van der Waals surface area (Å²) in [5, 5.41) is 12.4. The molecule has 0 saturated heterocycles. The van der Waals surface area contributed by atoms with E-state index in [4.69, 9.17) is 5.73 Å². The lowest BCUT2D eigenvalue weighted by Crippen LogP contribution is -2.53. The minimum Gasteiger partial charge on any atom is -0.481 e. The highest BCUT2D eigenvalue weighted by molar-refractivity contribution is 5.77. The number of hydrogen-bond acceptors (Lipinski definition) is 3. The third-order valence-electron chi connectivity index (χ3n) is 5.36. The Morgan fingerprint density at radius 1 is 1.33 bits per heavy atom. The lowest BCUT2D eigenvalue weighted by molar-refractivity contribution is -0.150. The minimum absolute atomic E-state index is 0.0300. The molecule has 0 bridgehead atoms. The first kappa shape index (κ1) is 18.0. The van der Waals surface area contributed by atoms with E-state index in [2.05, 4.69) is 5.32 Å². The lowest BCUT2D eigenvalue weighted by atomic mass is 9.61. The van der Waals surface area contributed by atoms with Crippen molar-refractivity contribution < 1.29 is 14.7 Å². The molecule has 4 unspecified atom stereocenters. The van der Waals surface area contributed by atoms with Gasteiger partial charge in [-0.05, 0) is 30.1 Å². The number of carboxylic acids is 1. The molecule has 21 heavy (non-hydrogen) atoms. The van der Waals surface area contributed by atoms with E-state index in [0.717, 1.165) is 0 Å². The fourth-order valence-electron chi connectivity index (χ4n) is 3.16. The molecule has 1 aliphatic rings. The van der Waals surface area contributed by atoms with Crippen molar-refractivity contribution in [1.29, 1.82) is 0 Å². The summed E-state index contributed by atoms with van der Waals surface area (Å²) in [7, 11) is 0. The molecule has 1 fully saturated rings. The maximum Gasteiger partial charge on any atom is 0.307 e. The molecule has 0 radical (unpaired) electrons. The average Bonchev–Trinajstić information content (AvgIpc) is 2.34. The van der Waals surface area contributed by atoms with Crippen LogP contribution in [0.2, 0.25) is 0 Å². The van der Waals surface area contributed by atoms with E-state index in [0.29, 0.717) is 19.3 Å². The van der Waals surface area contributed by atoms with Gasteiger partial charge in [0, 0.05) is 18.5 Å². The summed E-state index contributed by atoms with van der Waals surface area (Å²) in [5.74, 6) is -0.728. The first-order valence-electron chi connectivity index (χ1n) is 7.85. The highest BCUT2D eigenvalue weighted by Gasteiger charge is 2.46. The maximum absolute atomic E-state index is 12.1. The fraction of sp³-hybridized carbons (Fsp3) is 0.875. The highest BCUT2D eigenvalue weighted by Crippen LogP contribution is 2.45. The Kier molecular flexibility index (Phi) is 5.79. The molecule has 0 aliphatic heterocycles. The summed E-state index contributed by atoms with van der Waals surface area (Å²) in [6, 6.07) is -0.105. The van der Waals surface area contributed by atoms with Gasteiger partial charge in [0.25, 0.3) is 0 Å². The molecule has 122 valence electrons. The van der Waals surface area contributed by atoms with Gasteiger partial charge >= 0.3 is 5.97 Å². The van der Waals surface area contributed by atoms with Gasteiger partial charge in [-0.1, -0.05) is 34.6 Å². The second-order valence-electron chi connectivity index (χ2n) is 7.36. The third kappa shape index (κ3) is 4.19. The van der Waals surface area contributed by atoms with E-state index in [9.17, 15) is 14.7 Å². The second-order valence-corrected chi connectivity index (χ2v) is 7.36. The van der Waals surface area contributed by atoms with Gasteiger partial charge in [-0.15, -0.1) is 0 Å². The molecular weight excluding hydrogens is 268 g/mol. The van der Waals surface area contributed by atoms with Gasteiger partial charge in [0.2, 0.25) is 5.91 Å². The van der Waals surface area contributed by atoms with Crippen LogP contribution in [-0.4, -0.2) is 29.1 Å². The first-order chi connectivity index (χ1) is 9.57. The van der Waals surface area contributed by atoms with E-state index in [1.165, 1.54) is 0 Å². The maximum atomic E-state index is 12.1. The predicted octanol–water partition coefficient (Wildman–Crippen LogP) is 2.00. The molecule has 0 aromatic rings. The highest BCUT2D eigenvalue weighted by atomic mass is 16.4. The lowest BCUT2D eigenvalue weighted by Gasteiger charge is -2.46. The van der Waals surface area contributed by atoms with Crippen LogP contribution in [0.25, 0.3) is 0 Å². The van der Waals surface area contributed by atoms with Crippen molar-refractivity contribution >= 4 is 11.9 Å². The van der Waals surface area contributed by atoms with Gasteiger partial charge in [-0.2, -0.15) is 0 Å². The van der Waals surface area contributed by atoms with Crippen LogP contribution in [0.3, 0.4) is 0 Å². The van der Waals surface area contributed by atoms with E-state index in [1.54, 1.807) is 0 Å². The topological polar surface area (TPSA) is 92.4 Å². The van der Waals surface area contributed by atoms with Gasteiger partial charge in [0.1, 0.15) is 0 Å². The van der Waals surface area contributed by atoms with Crippen molar-refractivity contribution in [3.8, 4) is 0 Å². The summed E-state index contributed by atoms with van der Waals surface area (Å²) in [6.07, 6.45) is 1.64. The number of amides is 1. The second kappa shape index (κ2) is 6.77. The van der Waals surface area contributed by atoms with Gasteiger partial charge in [0.15, 0.2) is 0 Å². The number of carbonyl (C=O) groups is 2. The smallest absolute Gasteiger partial charge is 0.307 e. The molecule has 1 saturated carbocycles. The van der Waals surface area contributed by atoms with Crippen molar-refractivity contribution in [3.05, 3.63) is 0 Å². The molecule has 1 aliphatic carbocycles. The van der Waals surface area contributed by atoms with Gasteiger partial charge in [-0.25, -0.2) is 0 Å². The van der Waals surface area contributed by atoms with Crippen molar-refractivity contribution in [2.45, 2.75) is 66.0 Å². The van der Waals surface area contributed by atoms with Gasteiger partial charge in [0.05, 0.1) is 5.92 Å². The van der Waals surface area contributed by atoms with E-state index >= 15 is 0 Å². The number of nitrogens with one attached hydrogen (secondary N) is 1. The summed E-state index contributed by atoms with van der Waals surface area (Å²) in [6.45, 7) is 10.00. The van der Waals surface area contributed by atoms with Crippen LogP contribution < -0.4 is 11.1 Å². The third-order valence-corrected chi connectivity index (χ3v) is 5.36. The largest absolute Gasteiger partial charge is 0.481 e. The van der Waals surface area contributed by atoms with Crippen molar-refractivity contribution in [1.82, 2.24) is 5.32 Å². The van der Waals surface area contributed by atoms with Crippen LogP contribution in [0.4, 0.5) is 0 Å². The molecule has 0 aromatic heterocycles. The zero-order valence-electron chi connectivity index (χ0n) is 13.8. The van der Waals surface area contributed by atoms with E-state index in [-0.39, 0.29) is 41.2 Å². The van der Waals surface area contributed by atoms with Crippen LogP contribution in [0.15, 0.2) is 0 Å². The SMILES string of the molecule is CC(C)C(N)CC(=O)NC1CCC(C(=O)O)C(C)(C)C1C. The molecule has 0 heterocycles. The van der Waals surface area contributed by atoms with E-state index < -0.39 is 5.97 Å². The van der Waals surface area contributed by atoms with Gasteiger partial charge < -0.3 is 16.2 Å². The predicted molar refractivity (Wildman–Crippen MR) is 82.7 cm³/mol. The van der Waals surface area contributed by atoms with Crippen LogP contribution in [0.1, 0.15) is 53.9 Å². The molecule has 1 rings (SSSR count). The molecule has 0 aromatic carbocycles. The molecule has 5 heteroatoms. The number of nitrogens with two attached hydrogens (primary N) is 1. The molecule has 4 N–H and O–H groups in total. The molecule has 1 amide bonds. The molecule has 4 atom stereocenters. The Labute approximate surface area is 127 Å². The Morgan fingerprint density at radius 3 is 2.38 bits per heavy atom. The molecule has 0 spiro atoms. The normalized spacial score (nSPS) is 30.0. The number of carbonyl (C=O) groups excluding carboxylic acids is 1. The molecular formula is C16H30N2O3. The Balaban J connectivity index is 2.66. The standard InChI is InChI=1S/C16H30N2O3/c1-9(2)12(17)8-14(19)18-13-7-6-11(15(20)21)16(4,5)10(13)3/h9-13H,6-8,17H2,1-5H3,(H,18,19)(H,20,21). The van der Waals surface area contributed by atoms with Crippen molar-refractivity contribution in [2.24, 2.45) is 28.9 Å². The average molecular weight is 298 g/mol. The number of aliphatic carboxylic acids is 1. The van der Waals surface area contributed by atoms with Crippen LogP contribution in [0.5, 0.6) is 0 Å². The van der Waals surface area contributed by atoms with Crippen LogP contribution in [0, 0.1) is 23.2 Å². The zero-order valence-corrected chi connectivity index (χ0v) is 13.8. The summed E-state index contributed by atoms with van der Waals surface area (Å²) < 4.78 is 0. The quantitative estimate of drug-likeness (QED) is 0.724. The minimum atomic E-state index is -0.738. The molecule has 5 nitrogen and oxygen atoms in total. The van der Waals surface area contributed by atoms with Crippen molar-refractivity contribution in [2.75, 3.05) is 0 Å². The van der Waals surface area contributed by atoms with Gasteiger partial charge in [-0.3, -0.25) is 9.59 Å². The number of carboxylic acid groups (broad SMARTS) is 1. The Morgan fingerprint density at radius 2 is 1.90 bits per heavy atom. The first-order valence-corrected chi connectivity index (χ1v) is 7.85. The van der Waals surface area contributed by atoms with Crippen LogP contribution in [-0.2, 0) is 9.59 Å². The monoisotopic (exact) mass is 298 g/mol. The Bertz CT molecular complexity index is 393.